The van der Waals surface area contributed by atoms with Crippen molar-refractivity contribution in [1.82, 2.24) is 4.57 Å². The minimum atomic E-state index is -3.62. The molecule has 0 spiro atoms. The second kappa shape index (κ2) is 4.81. The molecule has 1 aliphatic heterocycles. The second-order valence-electron chi connectivity index (χ2n) is 5.53. The first kappa shape index (κ1) is 15.0. The topological polar surface area (TPSA) is 42.2 Å². The first-order chi connectivity index (χ1) is 10.3. The zero-order chi connectivity index (χ0) is 16.2. The number of alkyl halides is 4. The number of nitrogens with zero attached hydrogens (tertiary/aromatic N) is 1. The zero-order valence-corrected chi connectivity index (χ0v) is 11.6. The fourth-order valence-electron chi connectivity index (χ4n) is 2.99. The van der Waals surface area contributed by atoms with E-state index < -0.39 is 24.0 Å². The molecule has 0 unspecified atom stereocenters. The third-order valence-corrected chi connectivity index (χ3v) is 4.22. The SMILES string of the molecule is Cc1cc(=O)n2c3c(cc(C(O)(C(F)F)C(F)F)cc13)CC2. The number of aryl methyl sites for hydroxylation is 3. The van der Waals surface area contributed by atoms with Gasteiger partial charge in [0.2, 0.25) is 5.60 Å². The van der Waals surface area contributed by atoms with Crippen LogP contribution in [0.3, 0.4) is 0 Å². The summed E-state index contributed by atoms with van der Waals surface area (Å²) in [4.78, 5) is 11.9. The number of hydrogen-bond acceptors (Lipinski definition) is 2. The van der Waals surface area contributed by atoms with Gasteiger partial charge in [-0.05, 0) is 36.1 Å². The Bertz CT molecular complexity index is 805. The normalized spacial score (nSPS) is 14.5. The third-order valence-electron chi connectivity index (χ3n) is 4.22. The van der Waals surface area contributed by atoms with Crippen molar-refractivity contribution in [2.75, 3.05) is 0 Å². The van der Waals surface area contributed by atoms with Gasteiger partial charge in [0.15, 0.2) is 0 Å². The molecule has 0 saturated heterocycles. The molecule has 0 fully saturated rings. The molecule has 0 saturated carbocycles. The Balaban J connectivity index is 2.35. The minimum absolute atomic E-state index is 0.213. The van der Waals surface area contributed by atoms with Crippen LogP contribution in [0.1, 0.15) is 16.7 Å². The quantitative estimate of drug-likeness (QED) is 0.885. The lowest BCUT2D eigenvalue weighted by Gasteiger charge is -2.27. The van der Waals surface area contributed by atoms with Crippen molar-refractivity contribution in [2.45, 2.75) is 38.3 Å². The summed E-state index contributed by atoms with van der Waals surface area (Å²) in [5.41, 5.74) is -2.65. The molecule has 1 N–H and O–H groups in total. The standard InChI is InChI=1S/C15H13F4NO2/c1-7-4-11(21)20-3-2-8-5-9(6-10(7)12(8)20)15(22,13(16)17)14(18)19/h4-6,13-14,22H,2-3H2,1H3. The molecule has 3 rings (SSSR count). The molecule has 3 nitrogen and oxygen atoms in total. The van der Waals surface area contributed by atoms with Gasteiger partial charge in [0.25, 0.3) is 18.4 Å². The summed E-state index contributed by atoms with van der Waals surface area (Å²) >= 11 is 0. The lowest BCUT2D eigenvalue weighted by Crippen LogP contribution is -2.41. The molecule has 0 atom stereocenters. The molecule has 1 aliphatic rings. The Morgan fingerprint density at radius 3 is 2.41 bits per heavy atom. The van der Waals surface area contributed by atoms with Crippen LogP contribution < -0.4 is 5.56 Å². The van der Waals surface area contributed by atoms with E-state index in [1.807, 2.05) is 0 Å². The van der Waals surface area contributed by atoms with Crippen molar-refractivity contribution in [2.24, 2.45) is 0 Å². The van der Waals surface area contributed by atoms with Crippen molar-refractivity contribution in [3.05, 3.63) is 45.2 Å². The molecule has 0 aliphatic carbocycles. The average Bonchev–Trinajstić information content (AvgIpc) is 2.87. The summed E-state index contributed by atoms with van der Waals surface area (Å²) in [5.74, 6) is 0. The van der Waals surface area contributed by atoms with Crippen molar-refractivity contribution in [3.8, 4) is 0 Å². The number of hydrogen-bond donors (Lipinski definition) is 1. The molecule has 0 bridgehead atoms. The molecular formula is C15H13F4NO2. The largest absolute Gasteiger partial charge is 0.374 e. The maximum atomic E-state index is 13.0. The van der Waals surface area contributed by atoms with Crippen LogP contribution in [-0.4, -0.2) is 22.5 Å². The van der Waals surface area contributed by atoms with Crippen LogP contribution in [-0.2, 0) is 18.6 Å². The van der Waals surface area contributed by atoms with Gasteiger partial charge >= 0.3 is 0 Å². The first-order valence-corrected chi connectivity index (χ1v) is 6.73. The lowest BCUT2D eigenvalue weighted by molar-refractivity contribution is -0.183. The predicted molar refractivity (Wildman–Crippen MR) is 72.6 cm³/mol. The van der Waals surface area contributed by atoms with Gasteiger partial charge in [0, 0.05) is 18.0 Å². The van der Waals surface area contributed by atoms with E-state index >= 15 is 0 Å². The van der Waals surface area contributed by atoms with Gasteiger partial charge in [-0.2, -0.15) is 0 Å². The van der Waals surface area contributed by atoms with E-state index in [4.69, 9.17) is 0 Å². The van der Waals surface area contributed by atoms with E-state index in [0.29, 0.717) is 35.0 Å². The Hall–Kier alpha value is -1.89. The molecule has 1 aromatic carbocycles. The minimum Gasteiger partial charge on any atom is -0.374 e. The Kier molecular flexibility index (Phi) is 3.28. The summed E-state index contributed by atoms with van der Waals surface area (Å²) in [6, 6.07) is 3.63. The summed E-state index contributed by atoms with van der Waals surface area (Å²) in [6.45, 7) is 1.98. The number of aliphatic hydroxyl groups is 1. The predicted octanol–water partition coefficient (Wildman–Crippen LogP) is 2.58. The summed E-state index contributed by atoms with van der Waals surface area (Å²) < 4.78 is 53.7. The van der Waals surface area contributed by atoms with Crippen LogP contribution in [0.4, 0.5) is 17.6 Å². The van der Waals surface area contributed by atoms with Gasteiger partial charge in [0.1, 0.15) is 0 Å². The number of aromatic nitrogens is 1. The fraction of sp³-hybridized carbons (Fsp3) is 0.400. The maximum Gasteiger partial charge on any atom is 0.276 e. The summed E-state index contributed by atoms with van der Waals surface area (Å²) in [6.07, 6.45) is -6.86. The number of benzene rings is 1. The third kappa shape index (κ3) is 1.88. The first-order valence-electron chi connectivity index (χ1n) is 6.73. The van der Waals surface area contributed by atoms with E-state index in [1.54, 1.807) is 6.92 Å². The van der Waals surface area contributed by atoms with Crippen molar-refractivity contribution < 1.29 is 22.7 Å². The molecular weight excluding hydrogens is 302 g/mol. The molecule has 2 heterocycles. The van der Waals surface area contributed by atoms with Gasteiger partial charge in [-0.1, -0.05) is 6.07 Å². The highest BCUT2D eigenvalue weighted by Gasteiger charge is 2.49. The zero-order valence-electron chi connectivity index (χ0n) is 11.6. The highest BCUT2D eigenvalue weighted by atomic mass is 19.3. The Labute approximate surface area is 122 Å². The van der Waals surface area contributed by atoms with Crippen LogP contribution in [0.15, 0.2) is 23.0 Å². The van der Waals surface area contributed by atoms with Crippen LogP contribution in [0.2, 0.25) is 0 Å². The Morgan fingerprint density at radius 2 is 1.82 bits per heavy atom. The Morgan fingerprint density at radius 1 is 1.18 bits per heavy atom. The van der Waals surface area contributed by atoms with E-state index in [9.17, 15) is 27.5 Å². The van der Waals surface area contributed by atoms with Crippen LogP contribution in [0.25, 0.3) is 10.9 Å². The van der Waals surface area contributed by atoms with E-state index in [1.165, 1.54) is 10.6 Å². The summed E-state index contributed by atoms with van der Waals surface area (Å²) in [7, 11) is 0. The highest BCUT2D eigenvalue weighted by Crippen LogP contribution is 2.38. The molecule has 2 aromatic rings. The van der Waals surface area contributed by atoms with Crippen LogP contribution >= 0.6 is 0 Å². The van der Waals surface area contributed by atoms with Gasteiger partial charge in [0.05, 0.1) is 5.52 Å². The summed E-state index contributed by atoms with van der Waals surface area (Å²) in [5, 5.41) is 10.2. The molecule has 118 valence electrons. The van der Waals surface area contributed by atoms with Gasteiger partial charge in [-0.3, -0.25) is 4.79 Å². The number of halogens is 4. The van der Waals surface area contributed by atoms with Gasteiger partial charge < -0.3 is 9.67 Å². The molecule has 7 heteroatoms. The number of pyridine rings is 1. The van der Waals surface area contributed by atoms with Crippen molar-refractivity contribution in [1.29, 1.82) is 0 Å². The maximum absolute atomic E-state index is 13.0. The van der Waals surface area contributed by atoms with E-state index in [2.05, 4.69) is 0 Å². The van der Waals surface area contributed by atoms with E-state index in [0.717, 1.165) is 12.1 Å². The average molecular weight is 315 g/mol. The lowest BCUT2D eigenvalue weighted by atomic mass is 9.90. The van der Waals surface area contributed by atoms with Gasteiger partial charge in [-0.25, -0.2) is 17.6 Å². The van der Waals surface area contributed by atoms with Crippen LogP contribution in [0.5, 0.6) is 0 Å². The molecule has 0 amide bonds. The highest BCUT2D eigenvalue weighted by molar-refractivity contribution is 5.87. The molecule has 22 heavy (non-hydrogen) atoms. The smallest absolute Gasteiger partial charge is 0.276 e. The fourth-order valence-corrected chi connectivity index (χ4v) is 2.99. The molecule has 1 aromatic heterocycles. The molecule has 0 radical (unpaired) electrons. The van der Waals surface area contributed by atoms with Crippen molar-refractivity contribution in [3.63, 3.8) is 0 Å². The van der Waals surface area contributed by atoms with Crippen molar-refractivity contribution >= 4 is 10.9 Å². The monoisotopic (exact) mass is 315 g/mol. The second-order valence-corrected chi connectivity index (χ2v) is 5.53. The van der Waals surface area contributed by atoms with Gasteiger partial charge in [-0.15, -0.1) is 0 Å². The van der Waals surface area contributed by atoms with E-state index in [-0.39, 0.29) is 5.56 Å². The van der Waals surface area contributed by atoms with Crippen LogP contribution in [0, 0.1) is 6.92 Å². The number of rotatable bonds is 3.